The van der Waals surface area contributed by atoms with E-state index in [2.05, 4.69) is 16.0 Å². The number of methoxy groups -OCH3 is 1. The molecule has 0 spiro atoms. The monoisotopic (exact) mass is 561 g/mol. The Morgan fingerprint density at radius 1 is 1.08 bits per heavy atom. The van der Waals surface area contributed by atoms with Crippen LogP contribution in [0.2, 0.25) is 10.0 Å². The highest BCUT2D eigenvalue weighted by Gasteiger charge is 2.50. The maximum absolute atomic E-state index is 13.1. The Bertz CT molecular complexity index is 973. The van der Waals surface area contributed by atoms with Crippen LogP contribution in [0.3, 0.4) is 0 Å². The Kier molecular flexibility index (Phi) is 11.5. The maximum Gasteiger partial charge on any atom is 0.253 e. The number of halogens is 2. The number of carbonyl (C=O) groups excluding carboxylic acids is 4. The van der Waals surface area contributed by atoms with Crippen molar-refractivity contribution >= 4 is 58.5 Å². The first kappa shape index (κ1) is 30.4. The zero-order valence-corrected chi connectivity index (χ0v) is 23.3. The highest BCUT2D eigenvalue weighted by atomic mass is 35.5. The molecule has 0 aromatic heterocycles. The van der Waals surface area contributed by atoms with Crippen LogP contribution >= 0.6 is 35.0 Å². The van der Waals surface area contributed by atoms with E-state index in [0.29, 0.717) is 18.1 Å². The maximum atomic E-state index is 13.1. The van der Waals surface area contributed by atoms with Gasteiger partial charge in [0.15, 0.2) is 5.78 Å². The normalized spacial score (nSPS) is 19.2. The zero-order valence-electron chi connectivity index (χ0n) is 21.0. The Morgan fingerprint density at radius 3 is 2.25 bits per heavy atom. The number of ketones is 1. The quantitative estimate of drug-likeness (QED) is 0.298. The van der Waals surface area contributed by atoms with E-state index in [1.807, 2.05) is 13.8 Å². The lowest BCUT2D eigenvalue weighted by molar-refractivity contribution is -0.134. The van der Waals surface area contributed by atoms with Crippen LogP contribution in [-0.4, -0.2) is 79.6 Å². The van der Waals surface area contributed by atoms with E-state index in [4.69, 9.17) is 32.7 Å². The molecule has 1 saturated heterocycles. The Morgan fingerprint density at radius 2 is 1.69 bits per heavy atom. The number of benzene rings is 1. The second-order valence-electron chi connectivity index (χ2n) is 9.20. The largest absolute Gasteiger partial charge is 0.382 e. The molecular weight excluding hydrogens is 529 g/mol. The molecule has 0 aliphatic carbocycles. The number of hydrogen-bond donors (Lipinski definition) is 3. The minimum absolute atomic E-state index is 0.125. The van der Waals surface area contributed by atoms with Gasteiger partial charge in [-0.05, 0) is 43.7 Å². The number of hydrogen-bond acceptors (Lipinski definition) is 7. The predicted octanol–water partition coefficient (Wildman–Crippen LogP) is 2.47. The third-order valence-corrected chi connectivity index (χ3v) is 6.76. The number of carbonyl (C=O) groups is 4. The molecule has 4 atom stereocenters. The van der Waals surface area contributed by atoms with Gasteiger partial charge in [0, 0.05) is 17.9 Å². The number of rotatable bonds is 14. The fourth-order valence-corrected chi connectivity index (χ4v) is 4.42. The molecule has 1 heterocycles. The minimum atomic E-state index is -1.09. The van der Waals surface area contributed by atoms with Gasteiger partial charge in [-0.2, -0.15) is 11.8 Å². The summed E-state index contributed by atoms with van der Waals surface area (Å²) < 4.78 is 10.4. The summed E-state index contributed by atoms with van der Waals surface area (Å²) in [6.07, 6.45) is 2.20. The number of epoxide rings is 1. The number of amides is 3. The van der Waals surface area contributed by atoms with Gasteiger partial charge in [-0.3, -0.25) is 19.2 Å². The first-order valence-electron chi connectivity index (χ1n) is 11.4. The average Bonchev–Trinajstić information content (AvgIpc) is 3.57. The third kappa shape index (κ3) is 8.62. The molecule has 0 unspecified atom stereocenters. The molecule has 1 fully saturated rings. The van der Waals surface area contributed by atoms with E-state index < -0.39 is 41.4 Å². The van der Waals surface area contributed by atoms with E-state index in [1.54, 1.807) is 19.2 Å². The standard InChI is InChI=1S/C24H33Cl2N3O6S/c1-13(2)8-17(20(30)24(3)12-35-24)27-22(32)18(10-34-4)28-23(33)19(11-36-5)29-21(31)15-9-14(25)6-7-16(15)26/h6-7,9,13,17-19H,8,10-12H2,1-5H3,(H,27,32)(H,28,33)(H,29,31)/t17-,18-,19-,24+/m0/s1. The molecule has 1 aliphatic rings. The van der Waals surface area contributed by atoms with Crippen LogP contribution in [0.15, 0.2) is 18.2 Å². The second-order valence-corrected chi connectivity index (χ2v) is 11.0. The molecule has 200 valence electrons. The van der Waals surface area contributed by atoms with E-state index in [0.717, 1.165) is 0 Å². The van der Waals surface area contributed by atoms with Crippen molar-refractivity contribution in [3.8, 4) is 0 Å². The van der Waals surface area contributed by atoms with Crippen LogP contribution in [0.5, 0.6) is 0 Å². The zero-order chi connectivity index (χ0) is 27.0. The molecule has 0 saturated carbocycles. The van der Waals surface area contributed by atoms with Crippen LogP contribution < -0.4 is 16.0 Å². The topological polar surface area (TPSA) is 126 Å². The van der Waals surface area contributed by atoms with Gasteiger partial charge in [0.25, 0.3) is 5.91 Å². The van der Waals surface area contributed by atoms with Crippen molar-refractivity contribution in [2.24, 2.45) is 5.92 Å². The van der Waals surface area contributed by atoms with Gasteiger partial charge in [-0.25, -0.2) is 0 Å². The molecule has 12 heteroatoms. The smallest absolute Gasteiger partial charge is 0.253 e. The summed E-state index contributed by atoms with van der Waals surface area (Å²) in [6.45, 7) is 5.75. The van der Waals surface area contributed by atoms with Crippen LogP contribution in [0.4, 0.5) is 0 Å². The van der Waals surface area contributed by atoms with Gasteiger partial charge in [-0.1, -0.05) is 37.0 Å². The molecular formula is C24H33Cl2N3O6S. The van der Waals surface area contributed by atoms with E-state index in [9.17, 15) is 19.2 Å². The molecule has 1 aliphatic heterocycles. The lowest BCUT2D eigenvalue weighted by Crippen LogP contribution is -2.58. The van der Waals surface area contributed by atoms with Gasteiger partial charge in [-0.15, -0.1) is 0 Å². The highest BCUT2D eigenvalue weighted by molar-refractivity contribution is 7.98. The van der Waals surface area contributed by atoms with Gasteiger partial charge in [0.2, 0.25) is 11.8 Å². The van der Waals surface area contributed by atoms with Crippen LogP contribution in [0.1, 0.15) is 37.6 Å². The molecule has 3 amide bonds. The molecule has 2 rings (SSSR count). The fraction of sp³-hybridized carbons (Fsp3) is 0.583. The first-order chi connectivity index (χ1) is 16.9. The van der Waals surface area contributed by atoms with Crippen LogP contribution in [0, 0.1) is 5.92 Å². The summed E-state index contributed by atoms with van der Waals surface area (Å²) in [5.74, 6) is -1.57. The second kappa shape index (κ2) is 13.6. The average molecular weight is 563 g/mol. The summed E-state index contributed by atoms with van der Waals surface area (Å²) in [4.78, 5) is 51.8. The van der Waals surface area contributed by atoms with Gasteiger partial charge >= 0.3 is 0 Å². The van der Waals surface area contributed by atoms with Crippen molar-refractivity contribution < 1.29 is 28.7 Å². The van der Waals surface area contributed by atoms with Crippen molar-refractivity contribution in [2.75, 3.05) is 32.3 Å². The summed E-state index contributed by atoms with van der Waals surface area (Å²) in [5.41, 5.74) is -0.776. The van der Waals surface area contributed by atoms with Crippen molar-refractivity contribution in [2.45, 2.75) is 50.9 Å². The van der Waals surface area contributed by atoms with Gasteiger partial charge < -0.3 is 25.4 Å². The lowest BCUT2D eigenvalue weighted by atomic mass is 9.93. The number of thioether (sulfide) groups is 1. The molecule has 9 nitrogen and oxygen atoms in total. The van der Waals surface area contributed by atoms with Crippen molar-refractivity contribution in [1.82, 2.24) is 16.0 Å². The third-order valence-electron chi connectivity index (χ3n) is 5.53. The van der Waals surface area contributed by atoms with E-state index >= 15 is 0 Å². The number of nitrogens with one attached hydrogen (secondary N) is 3. The Balaban J connectivity index is 2.13. The summed E-state index contributed by atoms with van der Waals surface area (Å²) >= 11 is 13.4. The van der Waals surface area contributed by atoms with Crippen LogP contribution in [0.25, 0.3) is 0 Å². The Hall–Kier alpha value is -1.85. The minimum Gasteiger partial charge on any atom is -0.382 e. The molecule has 36 heavy (non-hydrogen) atoms. The molecule has 1 aromatic carbocycles. The summed E-state index contributed by atoms with van der Waals surface area (Å²) in [7, 11) is 1.39. The molecule has 0 bridgehead atoms. The van der Waals surface area contributed by atoms with Crippen molar-refractivity contribution in [3.63, 3.8) is 0 Å². The first-order valence-corrected chi connectivity index (χ1v) is 13.6. The van der Waals surface area contributed by atoms with Crippen molar-refractivity contribution in [1.29, 1.82) is 0 Å². The predicted molar refractivity (Wildman–Crippen MR) is 141 cm³/mol. The molecule has 0 radical (unpaired) electrons. The van der Waals surface area contributed by atoms with E-state index in [-0.39, 0.29) is 34.6 Å². The lowest BCUT2D eigenvalue weighted by Gasteiger charge is -2.26. The fourth-order valence-electron chi connectivity index (χ4n) is 3.47. The Labute approximate surface area is 225 Å². The number of ether oxygens (including phenoxy) is 2. The summed E-state index contributed by atoms with van der Waals surface area (Å²) in [5, 5.41) is 8.53. The van der Waals surface area contributed by atoms with Gasteiger partial charge in [0.1, 0.15) is 17.7 Å². The summed E-state index contributed by atoms with van der Waals surface area (Å²) in [6, 6.07) is 1.62. The van der Waals surface area contributed by atoms with Gasteiger partial charge in [0.05, 0.1) is 29.8 Å². The number of Topliss-reactive ketones (excluding diaryl/α,β-unsaturated/α-hetero) is 1. The highest BCUT2D eigenvalue weighted by Crippen LogP contribution is 2.29. The van der Waals surface area contributed by atoms with Crippen molar-refractivity contribution in [3.05, 3.63) is 33.8 Å². The SMILES string of the molecule is COC[C@H](NC(=O)[C@H](CSC)NC(=O)c1cc(Cl)ccc1Cl)C(=O)N[C@@H](CC(C)C)C(=O)[C@@]1(C)CO1. The molecule has 1 aromatic rings. The van der Waals surface area contributed by atoms with Crippen LogP contribution in [-0.2, 0) is 23.9 Å². The molecule has 3 N–H and O–H groups in total. The van der Waals surface area contributed by atoms with E-state index in [1.165, 1.54) is 31.0 Å².